The van der Waals surface area contributed by atoms with E-state index in [0.717, 1.165) is 41.5 Å². The third-order valence-corrected chi connectivity index (χ3v) is 4.15. The van der Waals surface area contributed by atoms with Crippen LogP contribution in [0.2, 0.25) is 0 Å². The predicted molar refractivity (Wildman–Crippen MR) is 76.9 cm³/mol. The Balaban J connectivity index is 2.14. The van der Waals surface area contributed by atoms with Gasteiger partial charge in [-0.2, -0.15) is 0 Å². The van der Waals surface area contributed by atoms with Crippen LogP contribution in [0.1, 0.15) is 28.8 Å². The van der Waals surface area contributed by atoms with Crippen molar-refractivity contribution < 1.29 is 4.79 Å². The highest BCUT2D eigenvalue weighted by molar-refractivity contribution is 9.10. The highest BCUT2D eigenvalue weighted by Crippen LogP contribution is 2.21. The molecule has 0 aliphatic carbocycles. The minimum absolute atomic E-state index is 0.0931. The number of nitrogens with zero attached hydrogens (tertiary/aromatic N) is 1. The fourth-order valence-corrected chi connectivity index (χ4v) is 2.98. The molecule has 0 radical (unpaired) electrons. The van der Waals surface area contributed by atoms with Gasteiger partial charge in [-0.1, -0.05) is 6.07 Å². The zero-order valence-corrected chi connectivity index (χ0v) is 12.5. The lowest BCUT2D eigenvalue weighted by Gasteiger charge is -2.32. The van der Waals surface area contributed by atoms with Crippen LogP contribution in [0.15, 0.2) is 22.7 Å². The molecule has 1 aromatic carbocycles. The molecule has 1 amide bonds. The lowest BCUT2D eigenvalue weighted by atomic mass is 10.0. The third kappa shape index (κ3) is 2.93. The highest BCUT2D eigenvalue weighted by Gasteiger charge is 2.23. The van der Waals surface area contributed by atoms with E-state index in [1.165, 1.54) is 0 Å². The number of nitrogens with one attached hydrogen (secondary N) is 1. The maximum atomic E-state index is 12.4. The first-order chi connectivity index (χ1) is 8.59. The van der Waals surface area contributed by atoms with Gasteiger partial charge < -0.3 is 10.2 Å². The summed E-state index contributed by atoms with van der Waals surface area (Å²) in [5.41, 5.74) is 1.90. The fraction of sp³-hybridized carbons (Fsp3) is 0.500. The maximum absolute atomic E-state index is 12.4. The molecule has 0 aromatic heterocycles. The summed E-state index contributed by atoms with van der Waals surface area (Å²) in [6, 6.07) is 6.17. The summed E-state index contributed by atoms with van der Waals surface area (Å²) in [4.78, 5) is 14.3. The summed E-state index contributed by atoms with van der Waals surface area (Å²) >= 11 is 3.48. The van der Waals surface area contributed by atoms with E-state index in [9.17, 15) is 4.79 Å². The lowest BCUT2D eigenvalue weighted by molar-refractivity contribution is 0.0707. The number of carbonyl (C=O) groups is 1. The average molecular weight is 311 g/mol. The molecule has 1 N–H and O–H groups in total. The number of hydrogen-bond acceptors (Lipinski definition) is 2. The van der Waals surface area contributed by atoms with Gasteiger partial charge in [-0.25, -0.2) is 0 Å². The number of benzene rings is 1. The van der Waals surface area contributed by atoms with Crippen molar-refractivity contribution >= 4 is 21.8 Å². The second-order valence-corrected chi connectivity index (χ2v) is 5.75. The fourth-order valence-electron chi connectivity index (χ4n) is 2.31. The summed E-state index contributed by atoms with van der Waals surface area (Å²) < 4.78 is 0.878. The molecule has 98 valence electrons. The number of aryl methyl sites for hydroxylation is 1. The third-order valence-electron chi connectivity index (χ3n) is 3.49. The van der Waals surface area contributed by atoms with Gasteiger partial charge in [0.25, 0.3) is 5.91 Å². The molecule has 1 heterocycles. The second-order valence-electron chi connectivity index (χ2n) is 4.90. The van der Waals surface area contributed by atoms with E-state index in [-0.39, 0.29) is 5.91 Å². The smallest absolute Gasteiger partial charge is 0.255 e. The van der Waals surface area contributed by atoms with Gasteiger partial charge >= 0.3 is 0 Å². The second kappa shape index (κ2) is 5.85. The number of hydrogen-bond donors (Lipinski definition) is 1. The van der Waals surface area contributed by atoms with E-state index in [0.29, 0.717) is 6.04 Å². The Bertz CT molecular complexity index is 441. The average Bonchev–Trinajstić information content (AvgIpc) is 2.38. The Morgan fingerprint density at radius 2 is 2.28 bits per heavy atom. The van der Waals surface area contributed by atoms with Crippen molar-refractivity contribution in [1.82, 2.24) is 10.2 Å². The molecule has 1 aliphatic heterocycles. The molecule has 1 unspecified atom stereocenters. The molecule has 4 heteroatoms. The summed E-state index contributed by atoms with van der Waals surface area (Å²) in [5, 5.41) is 3.34. The van der Waals surface area contributed by atoms with E-state index in [1.54, 1.807) is 0 Å². The molecule has 0 saturated carbocycles. The standard InChI is InChI=1S/C14H19BrN2O/c1-10-5-6-12(13(15)8-10)14(18)17(2)11-4-3-7-16-9-11/h5-6,8,11,16H,3-4,7,9H2,1-2H3. The van der Waals surface area contributed by atoms with Crippen LogP contribution >= 0.6 is 15.9 Å². The first-order valence-corrected chi connectivity index (χ1v) is 7.13. The molecule has 18 heavy (non-hydrogen) atoms. The van der Waals surface area contributed by atoms with Gasteiger partial charge in [0.1, 0.15) is 0 Å². The highest BCUT2D eigenvalue weighted by atomic mass is 79.9. The monoisotopic (exact) mass is 310 g/mol. The Morgan fingerprint density at radius 3 is 2.89 bits per heavy atom. The van der Waals surface area contributed by atoms with Gasteiger partial charge in [0.15, 0.2) is 0 Å². The first-order valence-electron chi connectivity index (χ1n) is 6.33. The maximum Gasteiger partial charge on any atom is 0.255 e. The Hall–Kier alpha value is -0.870. The van der Waals surface area contributed by atoms with E-state index < -0.39 is 0 Å². The van der Waals surface area contributed by atoms with Crippen LogP contribution in [0.25, 0.3) is 0 Å². The normalized spacial score (nSPS) is 19.6. The zero-order valence-electron chi connectivity index (χ0n) is 10.9. The van der Waals surface area contributed by atoms with Crippen LogP contribution in [-0.4, -0.2) is 37.0 Å². The lowest BCUT2D eigenvalue weighted by Crippen LogP contribution is -2.46. The number of piperidine rings is 1. The Labute approximate surface area is 117 Å². The number of amides is 1. The first kappa shape index (κ1) is 13.6. The summed E-state index contributed by atoms with van der Waals surface area (Å²) in [6.07, 6.45) is 2.22. The van der Waals surface area contributed by atoms with Crippen molar-refractivity contribution in [2.45, 2.75) is 25.8 Å². The number of likely N-dealkylation sites (N-methyl/N-ethyl adjacent to an activating group) is 1. The van der Waals surface area contributed by atoms with Crippen LogP contribution in [0, 0.1) is 6.92 Å². The van der Waals surface area contributed by atoms with Crippen molar-refractivity contribution in [2.24, 2.45) is 0 Å². The molecule has 1 saturated heterocycles. The van der Waals surface area contributed by atoms with E-state index >= 15 is 0 Å². The molecule has 3 nitrogen and oxygen atoms in total. The Morgan fingerprint density at radius 1 is 1.50 bits per heavy atom. The molecular formula is C14H19BrN2O. The van der Waals surface area contributed by atoms with Gasteiger partial charge in [-0.15, -0.1) is 0 Å². The number of carbonyl (C=O) groups excluding carboxylic acids is 1. The molecule has 2 rings (SSSR count). The van der Waals surface area contributed by atoms with Crippen LogP contribution in [0.4, 0.5) is 0 Å². The van der Waals surface area contributed by atoms with Crippen LogP contribution < -0.4 is 5.32 Å². The SMILES string of the molecule is Cc1ccc(C(=O)N(C)C2CCCNC2)c(Br)c1. The quantitative estimate of drug-likeness (QED) is 0.910. The van der Waals surface area contributed by atoms with E-state index in [4.69, 9.17) is 0 Å². The van der Waals surface area contributed by atoms with Crippen molar-refractivity contribution in [3.8, 4) is 0 Å². The van der Waals surface area contributed by atoms with Crippen molar-refractivity contribution in [1.29, 1.82) is 0 Å². The van der Waals surface area contributed by atoms with Crippen molar-refractivity contribution in [3.63, 3.8) is 0 Å². The summed E-state index contributed by atoms with van der Waals surface area (Å²) in [6.45, 7) is 3.98. The van der Waals surface area contributed by atoms with Gasteiger partial charge in [0, 0.05) is 24.1 Å². The molecule has 1 aliphatic rings. The summed E-state index contributed by atoms with van der Waals surface area (Å²) in [7, 11) is 1.90. The van der Waals surface area contributed by atoms with Crippen molar-refractivity contribution in [2.75, 3.05) is 20.1 Å². The van der Waals surface area contributed by atoms with E-state index in [1.807, 2.05) is 37.1 Å². The van der Waals surface area contributed by atoms with Crippen LogP contribution in [-0.2, 0) is 0 Å². The minimum Gasteiger partial charge on any atom is -0.337 e. The molecule has 0 spiro atoms. The van der Waals surface area contributed by atoms with Crippen molar-refractivity contribution in [3.05, 3.63) is 33.8 Å². The molecule has 1 aromatic rings. The van der Waals surface area contributed by atoms with Gasteiger partial charge in [0.05, 0.1) is 5.56 Å². The largest absolute Gasteiger partial charge is 0.337 e. The molecule has 1 atom stereocenters. The van der Waals surface area contributed by atoms with E-state index in [2.05, 4.69) is 21.2 Å². The van der Waals surface area contributed by atoms with Gasteiger partial charge in [-0.3, -0.25) is 4.79 Å². The molecular weight excluding hydrogens is 292 g/mol. The van der Waals surface area contributed by atoms with Gasteiger partial charge in [0.2, 0.25) is 0 Å². The minimum atomic E-state index is 0.0931. The molecule has 0 bridgehead atoms. The predicted octanol–water partition coefficient (Wildman–Crippen LogP) is 2.58. The number of rotatable bonds is 2. The topological polar surface area (TPSA) is 32.3 Å². The molecule has 1 fully saturated rings. The zero-order chi connectivity index (χ0) is 13.1. The van der Waals surface area contributed by atoms with Gasteiger partial charge in [-0.05, 0) is 59.9 Å². The number of halogens is 1. The van der Waals surface area contributed by atoms with Crippen LogP contribution in [0.3, 0.4) is 0 Å². The summed E-state index contributed by atoms with van der Waals surface area (Å²) in [5.74, 6) is 0.0931. The van der Waals surface area contributed by atoms with Crippen LogP contribution in [0.5, 0.6) is 0 Å². The Kier molecular flexibility index (Phi) is 4.40.